The molecule has 0 amide bonds. The number of nitrogen functional groups attached to an aromatic ring is 1. The van der Waals surface area contributed by atoms with Crippen LogP contribution in [0.1, 0.15) is 26.6 Å². The van der Waals surface area contributed by atoms with Gasteiger partial charge in [-0.1, -0.05) is 56.0 Å². The van der Waals surface area contributed by atoms with Crippen LogP contribution in [0.4, 0.5) is 5.82 Å². The molecule has 1 heterocycles. The Hall–Kier alpha value is -1.63. The van der Waals surface area contributed by atoms with Crippen molar-refractivity contribution in [1.82, 2.24) is 9.55 Å². The van der Waals surface area contributed by atoms with E-state index >= 15 is 0 Å². The average Bonchev–Trinajstić information content (AvgIpc) is 2.68. The first-order valence-corrected chi connectivity index (χ1v) is 7.27. The number of rotatable bonds is 2. The zero-order valence-electron chi connectivity index (χ0n) is 12.2. The van der Waals surface area contributed by atoms with E-state index in [1.807, 2.05) is 4.57 Å². The summed E-state index contributed by atoms with van der Waals surface area (Å²) in [5.41, 5.74) is 7.26. The first-order valence-electron chi connectivity index (χ1n) is 6.51. The number of hydrogen-bond acceptors (Lipinski definition) is 2. The number of aromatic nitrogens is 2. The number of hydrogen-bond donors (Lipinski definition) is 1. The van der Waals surface area contributed by atoms with Crippen molar-refractivity contribution in [3.63, 3.8) is 0 Å². The molecule has 0 aliphatic heterocycles. The van der Waals surface area contributed by atoms with E-state index in [0.717, 1.165) is 5.82 Å². The lowest BCUT2D eigenvalue weighted by molar-refractivity contribution is 0.517. The third kappa shape index (κ3) is 2.88. The minimum atomic E-state index is -0.197. The minimum Gasteiger partial charge on any atom is -0.383 e. The maximum atomic E-state index is 6.26. The van der Waals surface area contributed by atoms with Crippen LogP contribution in [-0.2, 0) is 12.0 Å². The van der Waals surface area contributed by atoms with Gasteiger partial charge in [0.15, 0.2) is 0 Å². The smallest absolute Gasteiger partial charge is 0.132 e. The molecule has 0 bridgehead atoms. The van der Waals surface area contributed by atoms with Crippen LogP contribution in [-0.4, -0.2) is 9.55 Å². The predicted molar refractivity (Wildman–Crippen MR) is 89.6 cm³/mol. The number of nitrogens with two attached hydrogens (primary N) is 1. The van der Waals surface area contributed by atoms with Gasteiger partial charge in [-0.15, -0.1) is 6.42 Å². The summed E-state index contributed by atoms with van der Waals surface area (Å²) in [4.78, 5) is 4.67. The normalized spacial score (nSPS) is 11.4. The van der Waals surface area contributed by atoms with Crippen molar-refractivity contribution in [2.24, 2.45) is 0 Å². The molecule has 3 nitrogen and oxygen atoms in total. The molecule has 1 aromatic heterocycles. The van der Waals surface area contributed by atoms with E-state index < -0.39 is 0 Å². The van der Waals surface area contributed by atoms with Gasteiger partial charge in [0.1, 0.15) is 17.3 Å². The van der Waals surface area contributed by atoms with Crippen LogP contribution in [0, 0.1) is 12.3 Å². The van der Waals surface area contributed by atoms with E-state index in [9.17, 15) is 0 Å². The molecule has 0 radical (unpaired) electrons. The fourth-order valence-corrected chi connectivity index (χ4v) is 2.77. The van der Waals surface area contributed by atoms with Crippen molar-refractivity contribution < 1.29 is 0 Å². The predicted octanol–water partition coefficient (Wildman–Crippen LogP) is 4.37. The Morgan fingerprint density at radius 2 is 1.86 bits per heavy atom. The Morgan fingerprint density at radius 3 is 2.33 bits per heavy atom. The number of benzene rings is 1. The van der Waals surface area contributed by atoms with E-state index in [1.54, 1.807) is 18.2 Å². The number of terminal acetylenes is 1. The molecule has 0 spiro atoms. The van der Waals surface area contributed by atoms with Crippen LogP contribution in [0.15, 0.2) is 18.2 Å². The number of anilines is 1. The molecular formula is C16H17Cl2N3. The van der Waals surface area contributed by atoms with Gasteiger partial charge < -0.3 is 10.3 Å². The summed E-state index contributed by atoms with van der Waals surface area (Å²) in [5, 5.41) is 1.03. The van der Waals surface area contributed by atoms with Crippen molar-refractivity contribution >= 4 is 29.0 Å². The van der Waals surface area contributed by atoms with Gasteiger partial charge in [0.05, 0.1) is 16.6 Å². The lowest BCUT2D eigenvalue weighted by Gasteiger charge is -2.18. The van der Waals surface area contributed by atoms with E-state index in [1.165, 1.54) is 0 Å². The first kappa shape index (κ1) is 15.8. The average molecular weight is 322 g/mol. The topological polar surface area (TPSA) is 43.8 Å². The highest BCUT2D eigenvalue weighted by Gasteiger charge is 2.26. The van der Waals surface area contributed by atoms with E-state index in [2.05, 4.69) is 31.7 Å². The molecule has 2 aromatic rings. The minimum absolute atomic E-state index is 0.197. The maximum Gasteiger partial charge on any atom is 0.132 e. The first-order chi connectivity index (χ1) is 9.77. The Balaban J connectivity index is 2.75. The molecule has 0 aliphatic rings. The lowest BCUT2D eigenvalue weighted by atomic mass is 9.95. The van der Waals surface area contributed by atoms with E-state index in [-0.39, 0.29) is 5.41 Å². The van der Waals surface area contributed by atoms with Gasteiger partial charge in [0.25, 0.3) is 0 Å². The summed E-state index contributed by atoms with van der Waals surface area (Å²) in [6.07, 6.45) is 5.44. The standard InChI is InChI=1S/C16H17Cl2N3/c1-5-9-21-14(19)13(20-15(21)16(2,3)4)12-10(17)7-6-8-11(12)18/h1,6-8H,9,19H2,2-4H3. The van der Waals surface area contributed by atoms with Crippen molar-refractivity contribution in [2.75, 3.05) is 5.73 Å². The Labute approximate surface area is 135 Å². The largest absolute Gasteiger partial charge is 0.383 e. The van der Waals surface area contributed by atoms with Crippen molar-refractivity contribution in [3.8, 4) is 23.6 Å². The van der Waals surface area contributed by atoms with Gasteiger partial charge in [-0.05, 0) is 12.1 Å². The van der Waals surface area contributed by atoms with E-state index in [4.69, 9.17) is 35.4 Å². The second-order valence-electron chi connectivity index (χ2n) is 5.81. The molecule has 0 aliphatic carbocycles. The second-order valence-corrected chi connectivity index (χ2v) is 6.62. The zero-order valence-corrected chi connectivity index (χ0v) is 13.8. The molecule has 0 atom stereocenters. The van der Waals surface area contributed by atoms with Crippen LogP contribution in [0.3, 0.4) is 0 Å². The fourth-order valence-electron chi connectivity index (χ4n) is 2.20. The Morgan fingerprint density at radius 1 is 1.29 bits per heavy atom. The second kappa shape index (κ2) is 5.63. The molecule has 21 heavy (non-hydrogen) atoms. The molecule has 0 saturated heterocycles. The molecule has 2 N–H and O–H groups in total. The molecular weight excluding hydrogens is 305 g/mol. The van der Waals surface area contributed by atoms with E-state index in [0.29, 0.717) is 33.7 Å². The molecule has 0 unspecified atom stereocenters. The van der Waals surface area contributed by atoms with Crippen LogP contribution >= 0.6 is 23.2 Å². The van der Waals surface area contributed by atoms with Gasteiger partial charge in [0, 0.05) is 11.0 Å². The van der Waals surface area contributed by atoms with Crippen molar-refractivity contribution in [3.05, 3.63) is 34.1 Å². The summed E-state index contributed by atoms with van der Waals surface area (Å²) in [7, 11) is 0. The highest BCUT2D eigenvalue weighted by Crippen LogP contribution is 2.39. The Bertz CT molecular complexity index is 698. The third-order valence-electron chi connectivity index (χ3n) is 3.13. The van der Waals surface area contributed by atoms with Gasteiger partial charge in [-0.3, -0.25) is 0 Å². The van der Waals surface area contributed by atoms with Crippen molar-refractivity contribution in [2.45, 2.75) is 32.7 Å². The lowest BCUT2D eigenvalue weighted by Crippen LogP contribution is -2.19. The van der Waals surface area contributed by atoms with Gasteiger partial charge in [-0.2, -0.15) is 0 Å². The summed E-state index contributed by atoms with van der Waals surface area (Å²) in [6.45, 7) is 6.52. The summed E-state index contributed by atoms with van der Waals surface area (Å²) in [6, 6.07) is 5.31. The molecule has 2 rings (SSSR count). The Kier molecular flexibility index (Phi) is 4.22. The van der Waals surface area contributed by atoms with Gasteiger partial charge >= 0.3 is 0 Å². The van der Waals surface area contributed by atoms with Crippen LogP contribution < -0.4 is 5.73 Å². The monoisotopic (exact) mass is 321 g/mol. The van der Waals surface area contributed by atoms with Crippen molar-refractivity contribution in [1.29, 1.82) is 0 Å². The summed E-state index contributed by atoms with van der Waals surface area (Å²) in [5.74, 6) is 3.90. The molecule has 1 aromatic carbocycles. The highest BCUT2D eigenvalue weighted by molar-refractivity contribution is 6.39. The van der Waals surface area contributed by atoms with Crippen LogP contribution in [0.25, 0.3) is 11.3 Å². The highest BCUT2D eigenvalue weighted by atomic mass is 35.5. The third-order valence-corrected chi connectivity index (χ3v) is 3.76. The molecule has 0 fully saturated rings. The number of nitrogens with zero attached hydrogens (tertiary/aromatic N) is 2. The van der Waals surface area contributed by atoms with Crippen LogP contribution in [0.2, 0.25) is 10.0 Å². The summed E-state index contributed by atoms with van der Waals surface area (Å²) < 4.78 is 1.83. The zero-order chi connectivity index (χ0) is 15.8. The quantitative estimate of drug-likeness (QED) is 0.834. The van der Waals surface area contributed by atoms with Gasteiger partial charge in [0.2, 0.25) is 0 Å². The summed E-state index contributed by atoms with van der Waals surface area (Å²) >= 11 is 12.5. The molecule has 0 saturated carbocycles. The molecule has 110 valence electrons. The maximum absolute atomic E-state index is 6.26. The number of imidazole rings is 1. The van der Waals surface area contributed by atoms with Crippen LogP contribution in [0.5, 0.6) is 0 Å². The molecule has 5 heteroatoms. The fraction of sp³-hybridized carbons (Fsp3) is 0.312. The van der Waals surface area contributed by atoms with Gasteiger partial charge in [-0.25, -0.2) is 4.98 Å². The number of halogens is 2. The SMILES string of the molecule is C#CCn1c(C(C)(C)C)nc(-c2c(Cl)cccc2Cl)c1N.